The van der Waals surface area contributed by atoms with Crippen molar-refractivity contribution in [3.8, 4) is 0 Å². The standard InChI is InChI=1S/C16H21ClN6O.C2HF3O2/c1-10(2)9-23(3)15-13(17)21-12(14(18)22-15)16(24)20-8-11-5-4-6-19-7-11;3-2(4,5)1(6)7/h4-7,10H,8-9H2,1-3H3,(H2,18,22)(H,20,24);(H,6,7). The Bertz CT molecular complexity index is 897. The first-order chi connectivity index (χ1) is 14.3. The van der Waals surface area contributed by atoms with Gasteiger partial charge in [0.15, 0.2) is 22.5 Å². The Hall–Kier alpha value is -3.15. The monoisotopic (exact) mass is 462 g/mol. The molecule has 13 heteroatoms. The van der Waals surface area contributed by atoms with Gasteiger partial charge < -0.3 is 21.1 Å². The van der Waals surface area contributed by atoms with Crippen LogP contribution < -0.4 is 16.0 Å². The predicted molar refractivity (Wildman–Crippen MR) is 109 cm³/mol. The van der Waals surface area contributed by atoms with Crippen LogP contribution in [0.4, 0.5) is 24.8 Å². The number of pyridine rings is 1. The number of nitrogen functional groups attached to an aromatic ring is 1. The average molecular weight is 463 g/mol. The van der Waals surface area contributed by atoms with Crippen molar-refractivity contribution < 1.29 is 27.9 Å². The van der Waals surface area contributed by atoms with Crippen molar-refractivity contribution in [3.63, 3.8) is 0 Å². The maximum Gasteiger partial charge on any atom is 0.490 e. The van der Waals surface area contributed by atoms with Gasteiger partial charge in [0.05, 0.1) is 0 Å². The average Bonchev–Trinajstić information content (AvgIpc) is 2.67. The van der Waals surface area contributed by atoms with E-state index in [1.807, 2.05) is 18.0 Å². The highest BCUT2D eigenvalue weighted by Crippen LogP contribution is 2.24. The van der Waals surface area contributed by atoms with Crippen LogP contribution in [-0.2, 0) is 11.3 Å². The second-order valence-corrected chi connectivity index (χ2v) is 7.05. The summed E-state index contributed by atoms with van der Waals surface area (Å²) in [5, 5.41) is 10.0. The number of hydrogen-bond acceptors (Lipinski definition) is 7. The number of alkyl halides is 3. The summed E-state index contributed by atoms with van der Waals surface area (Å²) in [6.45, 7) is 5.24. The van der Waals surface area contributed by atoms with E-state index in [0.717, 1.165) is 12.1 Å². The molecule has 2 aromatic rings. The van der Waals surface area contributed by atoms with E-state index < -0.39 is 18.1 Å². The lowest BCUT2D eigenvalue weighted by molar-refractivity contribution is -0.192. The molecule has 170 valence electrons. The lowest BCUT2D eigenvalue weighted by Gasteiger charge is -2.21. The molecular weight excluding hydrogens is 441 g/mol. The van der Waals surface area contributed by atoms with Gasteiger partial charge in [-0.3, -0.25) is 9.78 Å². The maximum atomic E-state index is 12.3. The summed E-state index contributed by atoms with van der Waals surface area (Å²) in [4.78, 5) is 35.4. The minimum atomic E-state index is -5.08. The van der Waals surface area contributed by atoms with Gasteiger partial charge in [-0.15, -0.1) is 0 Å². The molecule has 0 spiro atoms. The number of carboxylic acid groups (broad SMARTS) is 1. The molecule has 0 radical (unpaired) electrons. The van der Waals surface area contributed by atoms with E-state index in [0.29, 0.717) is 18.3 Å². The Morgan fingerprint density at radius 1 is 1.32 bits per heavy atom. The summed E-state index contributed by atoms with van der Waals surface area (Å²) in [5.74, 6) is -2.24. The first kappa shape index (κ1) is 25.9. The molecule has 0 saturated heterocycles. The third-order valence-electron chi connectivity index (χ3n) is 3.50. The first-order valence-electron chi connectivity index (χ1n) is 8.84. The Morgan fingerprint density at radius 2 is 1.94 bits per heavy atom. The van der Waals surface area contributed by atoms with Gasteiger partial charge in [0, 0.05) is 32.5 Å². The van der Waals surface area contributed by atoms with Crippen LogP contribution in [0.3, 0.4) is 0 Å². The third kappa shape index (κ3) is 8.62. The summed E-state index contributed by atoms with van der Waals surface area (Å²) in [6, 6.07) is 3.66. The number of carboxylic acids is 1. The molecule has 0 aliphatic rings. The van der Waals surface area contributed by atoms with Crippen LogP contribution in [0.5, 0.6) is 0 Å². The molecule has 1 amide bonds. The normalized spacial score (nSPS) is 10.8. The molecule has 4 N–H and O–H groups in total. The van der Waals surface area contributed by atoms with Crippen molar-refractivity contribution in [2.24, 2.45) is 5.92 Å². The molecule has 31 heavy (non-hydrogen) atoms. The van der Waals surface area contributed by atoms with Gasteiger partial charge in [-0.25, -0.2) is 14.8 Å². The molecule has 9 nitrogen and oxygen atoms in total. The molecular formula is C18H22ClF3N6O3. The summed E-state index contributed by atoms with van der Waals surface area (Å²) < 4.78 is 31.7. The molecule has 0 aliphatic carbocycles. The Balaban J connectivity index is 0.000000592. The number of anilines is 2. The van der Waals surface area contributed by atoms with E-state index in [1.165, 1.54) is 0 Å². The maximum absolute atomic E-state index is 12.3. The number of aromatic nitrogens is 3. The lowest BCUT2D eigenvalue weighted by atomic mass is 10.2. The second-order valence-electron chi connectivity index (χ2n) is 6.69. The summed E-state index contributed by atoms with van der Waals surface area (Å²) in [7, 11) is 1.86. The zero-order valence-corrected chi connectivity index (χ0v) is 17.7. The van der Waals surface area contributed by atoms with Gasteiger partial charge in [0.25, 0.3) is 5.91 Å². The van der Waals surface area contributed by atoms with E-state index >= 15 is 0 Å². The van der Waals surface area contributed by atoms with Gasteiger partial charge >= 0.3 is 12.1 Å². The van der Waals surface area contributed by atoms with Crippen LogP contribution in [0.1, 0.15) is 29.9 Å². The van der Waals surface area contributed by atoms with Crippen LogP contribution >= 0.6 is 11.6 Å². The van der Waals surface area contributed by atoms with Gasteiger partial charge in [-0.1, -0.05) is 31.5 Å². The molecule has 0 aliphatic heterocycles. The number of carbonyl (C=O) groups is 2. The van der Waals surface area contributed by atoms with E-state index in [-0.39, 0.29) is 16.7 Å². The smallest absolute Gasteiger partial charge is 0.475 e. The fraction of sp³-hybridized carbons (Fsp3) is 0.389. The number of nitrogens with zero attached hydrogens (tertiary/aromatic N) is 4. The topological polar surface area (TPSA) is 134 Å². The number of nitrogens with two attached hydrogens (primary N) is 1. The lowest BCUT2D eigenvalue weighted by Crippen LogP contribution is -2.28. The summed E-state index contributed by atoms with van der Waals surface area (Å²) in [5.41, 5.74) is 6.79. The molecule has 0 saturated carbocycles. The number of nitrogens with one attached hydrogen (secondary N) is 1. The largest absolute Gasteiger partial charge is 0.490 e. The van der Waals surface area contributed by atoms with Crippen LogP contribution in [0.15, 0.2) is 24.5 Å². The second kappa shape index (κ2) is 11.3. The first-order valence-corrected chi connectivity index (χ1v) is 9.22. The predicted octanol–water partition coefficient (Wildman–Crippen LogP) is 2.76. The molecule has 0 fully saturated rings. The van der Waals surface area contributed by atoms with Crippen molar-refractivity contribution in [3.05, 3.63) is 40.9 Å². The van der Waals surface area contributed by atoms with Crippen molar-refractivity contribution in [1.82, 2.24) is 20.3 Å². The molecule has 2 aromatic heterocycles. The van der Waals surface area contributed by atoms with E-state index in [4.69, 9.17) is 27.2 Å². The molecule has 0 atom stereocenters. The Labute approximate surface area is 181 Å². The molecule has 2 rings (SSSR count). The third-order valence-corrected chi connectivity index (χ3v) is 3.75. The SMILES string of the molecule is CC(C)CN(C)c1nc(N)c(C(=O)NCc2cccnc2)nc1Cl.O=C(O)C(F)(F)F. The Morgan fingerprint density at radius 3 is 2.42 bits per heavy atom. The van der Waals surface area contributed by atoms with E-state index in [2.05, 4.69) is 34.1 Å². The number of carbonyl (C=O) groups excluding carboxylic acids is 1. The number of hydrogen-bond donors (Lipinski definition) is 3. The minimum absolute atomic E-state index is 0.0191. The zero-order chi connectivity index (χ0) is 23.8. The number of rotatable bonds is 6. The fourth-order valence-electron chi connectivity index (χ4n) is 2.23. The van der Waals surface area contributed by atoms with Gasteiger partial charge in [0.2, 0.25) is 0 Å². The van der Waals surface area contributed by atoms with Crippen molar-refractivity contribution >= 4 is 35.1 Å². The minimum Gasteiger partial charge on any atom is -0.475 e. The fourth-order valence-corrected chi connectivity index (χ4v) is 2.50. The highest BCUT2D eigenvalue weighted by Gasteiger charge is 2.38. The van der Waals surface area contributed by atoms with Crippen molar-refractivity contribution in [2.75, 3.05) is 24.2 Å². The zero-order valence-electron chi connectivity index (χ0n) is 16.9. The molecule has 0 bridgehead atoms. The quantitative estimate of drug-likeness (QED) is 0.596. The molecule has 0 unspecified atom stereocenters. The highest BCUT2D eigenvalue weighted by molar-refractivity contribution is 6.32. The van der Waals surface area contributed by atoms with E-state index in [9.17, 15) is 18.0 Å². The number of amides is 1. The Kier molecular flexibility index (Phi) is 9.43. The van der Waals surface area contributed by atoms with Gasteiger partial charge in [0.1, 0.15) is 0 Å². The van der Waals surface area contributed by atoms with Crippen LogP contribution in [0.25, 0.3) is 0 Å². The summed E-state index contributed by atoms with van der Waals surface area (Å²) >= 11 is 6.18. The van der Waals surface area contributed by atoms with Crippen LogP contribution in [0, 0.1) is 5.92 Å². The molecule has 2 heterocycles. The van der Waals surface area contributed by atoms with Crippen molar-refractivity contribution in [1.29, 1.82) is 0 Å². The van der Waals surface area contributed by atoms with Crippen LogP contribution in [-0.4, -0.2) is 51.7 Å². The van der Waals surface area contributed by atoms with Gasteiger partial charge in [-0.05, 0) is 17.5 Å². The molecule has 0 aromatic carbocycles. The number of halogens is 4. The highest BCUT2D eigenvalue weighted by atomic mass is 35.5. The van der Waals surface area contributed by atoms with Crippen LogP contribution in [0.2, 0.25) is 5.15 Å². The summed E-state index contributed by atoms with van der Waals surface area (Å²) in [6.07, 6.45) is -1.74. The number of aliphatic carboxylic acids is 1. The van der Waals surface area contributed by atoms with E-state index in [1.54, 1.807) is 18.5 Å². The van der Waals surface area contributed by atoms with Crippen molar-refractivity contribution in [2.45, 2.75) is 26.6 Å². The van der Waals surface area contributed by atoms with Gasteiger partial charge in [-0.2, -0.15) is 13.2 Å².